The van der Waals surface area contributed by atoms with Gasteiger partial charge in [-0.1, -0.05) is 44.2 Å². The van der Waals surface area contributed by atoms with Crippen LogP contribution in [-0.2, 0) is 24.1 Å². The number of nitrogens with zero attached hydrogens (tertiary/aromatic N) is 2. The standard InChI is InChI=1S/C25H34N4O2.HI/c1-5-20-8-7-9-21(6-2)23(20)28-25(26)27-14-19-10-12-22(13-11-19)24(30)29-15-17(3)31-18(4)16-29;/h7-13,17-18H,5-6,14-16H2,1-4H3,(H3,26,27,28);1H. The fourth-order valence-corrected chi connectivity index (χ4v) is 4.03. The van der Waals surface area contributed by atoms with E-state index in [4.69, 9.17) is 10.5 Å². The van der Waals surface area contributed by atoms with Crippen molar-refractivity contribution in [2.75, 3.05) is 18.4 Å². The number of rotatable bonds is 6. The van der Waals surface area contributed by atoms with E-state index < -0.39 is 0 Å². The summed E-state index contributed by atoms with van der Waals surface area (Å²) in [7, 11) is 0. The summed E-state index contributed by atoms with van der Waals surface area (Å²) in [6.07, 6.45) is 1.98. The maximum atomic E-state index is 12.8. The quantitative estimate of drug-likeness (QED) is 0.313. The van der Waals surface area contributed by atoms with Gasteiger partial charge in [0.2, 0.25) is 0 Å². The molecular weight excluding hydrogens is 515 g/mol. The monoisotopic (exact) mass is 550 g/mol. The maximum absolute atomic E-state index is 12.8. The van der Waals surface area contributed by atoms with Crippen molar-refractivity contribution < 1.29 is 9.53 Å². The summed E-state index contributed by atoms with van der Waals surface area (Å²) in [6.45, 7) is 9.96. The van der Waals surface area contributed by atoms with Crippen molar-refractivity contribution >= 4 is 41.5 Å². The van der Waals surface area contributed by atoms with E-state index in [9.17, 15) is 4.79 Å². The highest BCUT2D eigenvalue weighted by molar-refractivity contribution is 14.0. The minimum Gasteiger partial charge on any atom is -0.372 e. The molecule has 0 saturated carbocycles. The van der Waals surface area contributed by atoms with Gasteiger partial charge >= 0.3 is 0 Å². The third-order valence-electron chi connectivity index (χ3n) is 5.59. The molecule has 0 aromatic heterocycles. The molecule has 1 heterocycles. The van der Waals surface area contributed by atoms with Crippen LogP contribution < -0.4 is 11.1 Å². The van der Waals surface area contributed by atoms with Gasteiger partial charge in [-0.05, 0) is 55.5 Å². The fraction of sp³-hybridized carbons (Fsp3) is 0.440. The predicted octanol–water partition coefficient (Wildman–Crippen LogP) is 4.61. The molecule has 1 saturated heterocycles. The number of carbonyl (C=O) groups excluding carboxylic acids is 1. The molecule has 2 unspecified atom stereocenters. The number of hydrogen-bond donors (Lipinski definition) is 2. The number of guanidine groups is 1. The first kappa shape index (κ1) is 26.1. The molecule has 3 rings (SSSR count). The number of hydrogen-bond acceptors (Lipinski definition) is 3. The molecule has 2 aromatic rings. The smallest absolute Gasteiger partial charge is 0.254 e. The minimum absolute atomic E-state index is 0. The van der Waals surface area contributed by atoms with Crippen LogP contribution in [0.3, 0.4) is 0 Å². The zero-order valence-electron chi connectivity index (χ0n) is 19.4. The van der Waals surface area contributed by atoms with Gasteiger partial charge < -0.3 is 20.7 Å². The van der Waals surface area contributed by atoms with E-state index >= 15 is 0 Å². The second-order valence-electron chi connectivity index (χ2n) is 8.15. The lowest BCUT2D eigenvalue weighted by Crippen LogP contribution is -2.48. The molecule has 3 N–H and O–H groups in total. The van der Waals surface area contributed by atoms with Crippen molar-refractivity contribution in [1.82, 2.24) is 4.90 Å². The Hall–Kier alpha value is -2.13. The summed E-state index contributed by atoms with van der Waals surface area (Å²) in [5.41, 5.74) is 11.4. The number of benzene rings is 2. The molecule has 0 aliphatic carbocycles. The van der Waals surface area contributed by atoms with Crippen molar-refractivity contribution in [1.29, 1.82) is 0 Å². The number of amides is 1. The van der Waals surface area contributed by atoms with Crippen LogP contribution in [-0.4, -0.2) is 42.1 Å². The van der Waals surface area contributed by atoms with Crippen molar-refractivity contribution in [2.45, 2.75) is 59.3 Å². The van der Waals surface area contributed by atoms with Gasteiger partial charge in [-0.15, -0.1) is 24.0 Å². The van der Waals surface area contributed by atoms with Crippen molar-refractivity contribution in [3.63, 3.8) is 0 Å². The molecule has 32 heavy (non-hydrogen) atoms. The van der Waals surface area contributed by atoms with Crippen molar-refractivity contribution in [2.24, 2.45) is 10.7 Å². The Morgan fingerprint density at radius 2 is 1.62 bits per heavy atom. The molecule has 1 aliphatic heterocycles. The van der Waals surface area contributed by atoms with Gasteiger partial charge in [0, 0.05) is 24.3 Å². The first-order valence-corrected chi connectivity index (χ1v) is 11.1. The number of para-hydroxylation sites is 1. The number of nitrogens with one attached hydrogen (secondary N) is 1. The molecule has 7 heteroatoms. The van der Waals surface area contributed by atoms with E-state index in [1.807, 2.05) is 43.0 Å². The second kappa shape index (κ2) is 12.2. The average Bonchev–Trinajstić information content (AvgIpc) is 2.77. The third kappa shape index (κ3) is 6.68. The van der Waals surface area contributed by atoms with E-state index in [2.05, 4.69) is 42.4 Å². The Bertz CT molecular complexity index is 898. The highest BCUT2D eigenvalue weighted by atomic mass is 127. The van der Waals surface area contributed by atoms with Crippen LogP contribution in [0.2, 0.25) is 0 Å². The van der Waals surface area contributed by atoms with Crippen LogP contribution >= 0.6 is 24.0 Å². The van der Waals surface area contributed by atoms with Crippen molar-refractivity contribution in [3.8, 4) is 0 Å². The average molecular weight is 550 g/mol. The molecule has 2 atom stereocenters. The SMILES string of the molecule is CCc1cccc(CC)c1NC(N)=NCc1ccc(C(=O)N2CC(C)OC(C)C2)cc1.I. The first-order valence-electron chi connectivity index (χ1n) is 11.1. The zero-order valence-corrected chi connectivity index (χ0v) is 21.8. The van der Waals surface area contributed by atoms with E-state index in [1.54, 1.807) is 0 Å². The predicted molar refractivity (Wildman–Crippen MR) is 142 cm³/mol. The lowest BCUT2D eigenvalue weighted by Gasteiger charge is -2.35. The van der Waals surface area contributed by atoms with E-state index in [1.165, 1.54) is 11.1 Å². The highest BCUT2D eigenvalue weighted by Gasteiger charge is 2.26. The molecule has 2 aromatic carbocycles. The van der Waals surface area contributed by atoms with Gasteiger partial charge in [0.1, 0.15) is 0 Å². The van der Waals surface area contributed by atoms with E-state index in [0.717, 1.165) is 24.1 Å². The second-order valence-corrected chi connectivity index (χ2v) is 8.15. The number of aliphatic imine (C=N–C) groups is 1. The summed E-state index contributed by atoms with van der Waals surface area (Å²) in [4.78, 5) is 19.2. The van der Waals surface area contributed by atoms with Crippen LogP contribution in [0.25, 0.3) is 0 Å². The number of aryl methyl sites for hydroxylation is 2. The van der Waals surface area contributed by atoms with Crippen LogP contribution in [0.5, 0.6) is 0 Å². The highest BCUT2D eigenvalue weighted by Crippen LogP contribution is 2.22. The van der Waals surface area contributed by atoms with Gasteiger partial charge in [-0.3, -0.25) is 4.79 Å². The van der Waals surface area contributed by atoms with Crippen LogP contribution in [0, 0.1) is 0 Å². The summed E-state index contributed by atoms with van der Waals surface area (Å²) < 4.78 is 5.72. The van der Waals surface area contributed by atoms with Crippen LogP contribution in [0.4, 0.5) is 5.69 Å². The molecule has 0 bridgehead atoms. The molecule has 6 nitrogen and oxygen atoms in total. The maximum Gasteiger partial charge on any atom is 0.254 e. The summed E-state index contributed by atoms with van der Waals surface area (Å²) >= 11 is 0. The largest absolute Gasteiger partial charge is 0.372 e. The van der Waals surface area contributed by atoms with Gasteiger partial charge in [0.05, 0.1) is 18.8 Å². The normalized spacial score (nSPS) is 18.8. The van der Waals surface area contributed by atoms with E-state index in [0.29, 0.717) is 31.2 Å². The molecular formula is C25H35IN4O2. The number of morpholine rings is 1. The summed E-state index contributed by atoms with van der Waals surface area (Å²) in [6, 6.07) is 13.9. The van der Waals surface area contributed by atoms with Crippen LogP contribution in [0.15, 0.2) is 47.5 Å². The molecule has 1 aliphatic rings. The van der Waals surface area contributed by atoms with E-state index in [-0.39, 0.29) is 42.1 Å². The molecule has 1 amide bonds. The van der Waals surface area contributed by atoms with Crippen molar-refractivity contribution in [3.05, 3.63) is 64.7 Å². The van der Waals surface area contributed by atoms with Gasteiger partial charge in [-0.2, -0.15) is 0 Å². The molecule has 174 valence electrons. The fourth-order valence-electron chi connectivity index (χ4n) is 4.03. The van der Waals surface area contributed by atoms with Gasteiger partial charge in [-0.25, -0.2) is 4.99 Å². The Balaban J connectivity index is 0.00000363. The molecule has 0 spiro atoms. The Kier molecular flexibility index (Phi) is 9.96. The lowest BCUT2D eigenvalue weighted by atomic mass is 10.0. The number of carbonyl (C=O) groups is 1. The number of nitrogens with two attached hydrogens (primary N) is 1. The number of ether oxygens (including phenoxy) is 1. The topological polar surface area (TPSA) is 79.9 Å². The van der Waals surface area contributed by atoms with Gasteiger partial charge in [0.15, 0.2) is 5.96 Å². The third-order valence-corrected chi connectivity index (χ3v) is 5.59. The number of anilines is 1. The molecule has 0 radical (unpaired) electrons. The van der Waals surface area contributed by atoms with Gasteiger partial charge in [0.25, 0.3) is 5.91 Å². The van der Waals surface area contributed by atoms with Crippen LogP contribution in [0.1, 0.15) is 54.7 Å². The molecule has 1 fully saturated rings. The summed E-state index contributed by atoms with van der Waals surface area (Å²) in [5, 5.41) is 3.29. The Labute approximate surface area is 208 Å². The number of halogens is 1. The lowest BCUT2D eigenvalue weighted by molar-refractivity contribution is -0.0586. The summed E-state index contributed by atoms with van der Waals surface area (Å²) in [5.74, 6) is 0.438. The minimum atomic E-state index is 0. The first-order chi connectivity index (χ1) is 14.9. The Morgan fingerprint density at radius 3 is 2.16 bits per heavy atom. The Morgan fingerprint density at radius 1 is 1.06 bits per heavy atom. The zero-order chi connectivity index (χ0) is 22.4.